The Morgan fingerprint density at radius 2 is 1.94 bits per heavy atom. The number of fused-ring (bicyclic) bond motifs is 2. The molecule has 6 nitrogen and oxygen atoms in total. The highest BCUT2D eigenvalue weighted by Gasteiger charge is 2.33. The van der Waals surface area contributed by atoms with Crippen LogP contribution in [0, 0.1) is 11.6 Å². The largest absolute Gasteiger partial charge is 0.485 e. The third kappa shape index (κ3) is 3.79. The zero-order chi connectivity index (χ0) is 21.4. The molecule has 2 aromatic heterocycles. The lowest BCUT2D eigenvalue weighted by Crippen LogP contribution is -2.46. The second-order valence-corrected chi connectivity index (χ2v) is 7.85. The summed E-state index contributed by atoms with van der Waals surface area (Å²) < 4.78 is 39.7. The van der Waals surface area contributed by atoms with Gasteiger partial charge in [0.1, 0.15) is 17.9 Å². The minimum absolute atomic E-state index is 0.00591. The van der Waals surface area contributed by atoms with Crippen molar-refractivity contribution in [3.8, 4) is 11.5 Å². The van der Waals surface area contributed by atoms with E-state index in [9.17, 15) is 13.6 Å². The summed E-state index contributed by atoms with van der Waals surface area (Å²) in [5, 5.41) is 0.220. The van der Waals surface area contributed by atoms with Crippen LogP contribution in [0.1, 0.15) is 5.69 Å². The topological polar surface area (TPSA) is 64.6 Å². The number of rotatable bonds is 4. The molecule has 4 aromatic rings. The van der Waals surface area contributed by atoms with Crippen LogP contribution < -0.4 is 14.4 Å². The lowest BCUT2D eigenvalue weighted by Gasteiger charge is -2.29. The molecular weight excluding hydrogens is 424 g/mol. The number of ether oxygens (including phenoxy) is 2. The summed E-state index contributed by atoms with van der Waals surface area (Å²) >= 11 is 1.02. The molecule has 1 atom stereocenters. The number of amides is 1. The van der Waals surface area contributed by atoms with Crippen LogP contribution >= 0.6 is 11.3 Å². The van der Waals surface area contributed by atoms with Crippen molar-refractivity contribution < 1.29 is 23.0 Å². The van der Waals surface area contributed by atoms with Crippen LogP contribution in [-0.4, -0.2) is 28.6 Å². The smallest absolute Gasteiger partial charge is 0.273 e. The van der Waals surface area contributed by atoms with E-state index in [-0.39, 0.29) is 23.8 Å². The first-order valence-electron chi connectivity index (χ1n) is 9.44. The Morgan fingerprint density at radius 1 is 1.13 bits per heavy atom. The van der Waals surface area contributed by atoms with Crippen molar-refractivity contribution >= 4 is 32.6 Å². The van der Waals surface area contributed by atoms with Crippen molar-refractivity contribution in [2.75, 3.05) is 11.5 Å². The summed E-state index contributed by atoms with van der Waals surface area (Å²) in [4.78, 5) is 23.3. The molecule has 0 spiro atoms. The molecule has 0 N–H and O–H groups in total. The summed E-state index contributed by atoms with van der Waals surface area (Å²) in [6.07, 6.45) is 0.689. The SMILES string of the molecule is O=C(C1COc2ccccc2O1)N(Cc1ccccn1)c1nc2c(F)cc(F)cc2s1. The van der Waals surface area contributed by atoms with E-state index in [0.29, 0.717) is 21.9 Å². The van der Waals surface area contributed by atoms with Crippen molar-refractivity contribution in [3.63, 3.8) is 0 Å². The molecule has 0 saturated heterocycles. The number of carbonyl (C=O) groups is 1. The van der Waals surface area contributed by atoms with Gasteiger partial charge in [-0.1, -0.05) is 29.5 Å². The van der Waals surface area contributed by atoms with Crippen molar-refractivity contribution in [2.45, 2.75) is 12.6 Å². The molecule has 2 aromatic carbocycles. The molecule has 0 radical (unpaired) electrons. The van der Waals surface area contributed by atoms with Gasteiger partial charge in [0.2, 0.25) is 6.10 Å². The molecule has 3 heterocycles. The lowest BCUT2D eigenvalue weighted by molar-refractivity contribution is -0.127. The van der Waals surface area contributed by atoms with E-state index in [4.69, 9.17) is 9.47 Å². The van der Waals surface area contributed by atoms with Gasteiger partial charge in [-0.05, 0) is 30.3 Å². The number of hydrogen-bond donors (Lipinski definition) is 0. The predicted molar refractivity (Wildman–Crippen MR) is 111 cm³/mol. The van der Waals surface area contributed by atoms with Gasteiger partial charge in [-0.15, -0.1) is 0 Å². The average Bonchev–Trinajstić information content (AvgIpc) is 3.21. The standard InChI is InChI=1S/C22H15F2N3O3S/c23-13-9-15(24)20-19(10-13)31-22(26-20)27(11-14-5-3-4-8-25-14)21(28)18-12-29-16-6-1-2-7-17(16)30-18/h1-10,18H,11-12H2. The zero-order valence-electron chi connectivity index (χ0n) is 16.0. The van der Waals surface area contributed by atoms with Crippen LogP contribution in [0.5, 0.6) is 11.5 Å². The van der Waals surface area contributed by atoms with Gasteiger partial charge in [0, 0.05) is 12.3 Å². The number of carbonyl (C=O) groups excluding carboxylic acids is 1. The van der Waals surface area contributed by atoms with E-state index in [0.717, 1.165) is 17.4 Å². The van der Waals surface area contributed by atoms with Crippen LogP contribution in [0.25, 0.3) is 10.2 Å². The summed E-state index contributed by atoms with van der Waals surface area (Å²) in [6, 6.07) is 14.4. The molecular formula is C22H15F2N3O3S. The first-order chi connectivity index (χ1) is 15.1. The van der Waals surface area contributed by atoms with Crippen LogP contribution in [0.3, 0.4) is 0 Å². The number of hydrogen-bond acceptors (Lipinski definition) is 6. The molecule has 0 fully saturated rings. The fraction of sp³-hybridized carbons (Fsp3) is 0.136. The fourth-order valence-electron chi connectivity index (χ4n) is 3.27. The Labute approximate surface area is 179 Å². The predicted octanol–water partition coefficient (Wildman–Crippen LogP) is 4.34. The molecule has 0 saturated carbocycles. The van der Waals surface area contributed by atoms with E-state index in [2.05, 4.69) is 9.97 Å². The van der Waals surface area contributed by atoms with Gasteiger partial charge < -0.3 is 9.47 Å². The van der Waals surface area contributed by atoms with E-state index < -0.39 is 23.6 Å². The van der Waals surface area contributed by atoms with E-state index >= 15 is 0 Å². The van der Waals surface area contributed by atoms with E-state index in [1.807, 2.05) is 6.07 Å². The molecule has 31 heavy (non-hydrogen) atoms. The minimum Gasteiger partial charge on any atom is -0.485 e. The molecule has 156 valence electrons. The summed E-state index contributed by atoms with van der Waals surface area (Å²) in [7, 11) is 0. The number of halogens is 2. The molecule has 5 rings (SSSR count). The second-order valence-electron chi connectivity index (χ2n) is 6.84. The van der Waals surface area contributed by atoms with Crippen LogP contribution in [-0.2, 0) is 11.3 Å². The first kappa shape index (κ1) is 19.4. The number of anilines is 1. The Hall–Kier alpha value is -3.59. The summed E-state index contributed by atoms with van der Waals surface area (Å²) in [5.41, 5.74) is 0.616. The van der Waals surface area contributed by atoms with Gasteiger partial charge >= 0.3 is 0 Å². The van der Waals surface area contributed by atoms with Gasteiger partial charge in [0.15, 0.2) is 22.4 Å². The molecule has 0 aliphatic carbocycles. The number of aromatic nitrogens is 2. The third-order valence-corrected chi connectivity index (χ3v) is 5.75. The quantitative estimate of drug-likeness (QED) is 0.473. The van der Waals surface area contributed by atoms with Crippen LogP contribution in [0.2, 0.25) is 0 Å². The Morgan fingerprint density at radius 3 is 2.74 bits per heavy atom. The molecule has 1 amide bonds. The monoisotopic (exact) mass is 439 g/mol. The fourth-order valence-corrected chi connectivity index (χ4v) is 4.28. The Bertz CT molecular complexity index is 1270. The maximum absolute atomic E-state index is 14.2. The molecule has 1 unspecified atom stereocenters. The minimum atomic E-state index is -0.924. The Balaban J connectivity index is 1.52. The average molecular weight is 439 g/mol. The maximum Gasteiger partial charge on any atom is 0.273 e. The lowest BCUT2D eigenvalue weighted by atomic mass is 10.2. The van der Waals surface area contributed by atoms with Gasteiger partial charge in [-0.3, -0.25) is 14.7 Å². The highest BCUT2D eigenvalue weighted by Crippen LogP contribution is 2.35. The molecule has 1 aliphatic rings. The first-order valence-corrected chi connectivity index (χ1v) is 10.3. The Kier molecular flexibility index (Phi) is 4.95. The maximum atomic E-state index is 14.2. The second kappa shape index (κ2) is 7.92. The number of thiazole rings is 1. The number of nitrogens with zero attached hydrogens (tertiary/aromatic N) is 3. The van der Waals surface area contributed by atoms with Gasteiger partial charge in [-0.25, -0.2) is 13.8 Å². The van der Waals surface area contributed by atoms with Crippen molar-refractivity contribution in [3.05, 3.63) is 78.1 Å². The highest BCUT2D eigenvalue weighted by molar-refractivity contribution is 7.22. The van der Waals surface area contributed by atoms with Crippen molar-refractivity contribution in [1.29, 1.82) is 0 Å². The molecule has 1 aliphatic heterocycles. The highest BCUT2D eigenvalue weighted by atomic mass is 32.1. The summed E-state index contributed by atoms with van der Waals surface area (Å²) in [5.74, 6) is -0.889. The summed E-state index contributed by atoms with van der Waals surface area (Å²) in [6.45, 7) is 0.105. The zero-order valence-corrected chi connectivity index (χ0v) is 16.8. The van der Waals surface area contributed by atoms with Gasteiger partial charge in [-0.2, -0.15) is 0 Å². The third-order valence-electron chi connectivity index (χ3n) is 4.73. The van der Waals surface area contributed by atoms with E-state index in [1.165, 1.54) is 11.0 Å². The van der Waals surface area contributed by atoms with E-state index in [1.54, 1.807) is 42.6 Å². The number of para-hydroxylation sites is 2. The molecule has 0 bridgehead atoms. The number of benzene rings is 2. The number of pyridine rings is 1. The molecule has 9 heteroatoms. The van der Waals surface area contributed by atoms with Crippen molar-refractivity contribution in [1.82, 2.24) is 9.97 Å². The van der Waals surface area contributed by atoms with Crippen molar-refractivity contribution in [2.24, 2.45) is 0 Å². The van der Waals surface area contributed by atoms with Gasteiger partial charge in [0.25, 0.3) is 5.91 Å². The van der Waals surface area contributed by atoms with Crippen LogP contribution in [0.15, 0.2) is 60.8 Å². The normalized spacial score (nSPS) is 15.1. The van der Waals surface area contributed by atoms with Gasteiger partial charge in [0.05, 0.1) is 16.9 Å². The van der Waals surface area contributed by atoms with Crippen LogP contribution in [0.4, 0.5) is 13.9 Å².